The number of imidazole rings is 1. The molecule has 0 bridgehead atoms. The van der Waals surface area contributed by atoms with Crippen molar-refractivity contribution < 1.29 is 54.2 Å². The zero-order valence-electron chi connectivity index (χ0n) is 19.9. The molecule has 2 saturated heterocycles. The van der Waals surface area contributed by atoms with E-state index < -0.39 is 57.2 Å². The van der Waals surface area contributed by atoms with Crippen molar-refractivity contribution >= 4 is 43.0 Å². The van der Waals surface area contributed by atoms with Crippen LogP contribution in [0.5, 0.6) is 0 Å². The van der Waals surface area contributed by atoms with Crippen molar-refractivity contribution in [1.82, 2.24) is 24.4 Å². The number of nitrogens with zero attached hydrogens (tertiary/aromatic N) is 5. The van der Waals surface area contributed by atoms with Gasteiger partial charge in [-0.3, -0.25) is 22.7 Å². The molecule has 6 atom stereocenters. The average molecular weight is 590 g/mol. The molecule has 2 unspecified atom stereocenters. The highest BCUT2D eigenvalue weighted by Gasteiger charge is 2.58. The van der Waals surface area contributed by atoms with Gasteiger partial charge in [0.15, 0.2) is 17.7 Å². The molecule has 0 spiro atoms. The van der Waals surface area contributed by atoms with Gasteiger partial charge in [0, 0.05) is 0 Å². The Morgan fingerprint density at radius 2 is 1.81 bits per heavy atom. The minimum atomic E-state index is -5.30. The van der Waals surface area contributed by atoms with Crippen LogP contribution in [0.1, 0.15) is 27.0 Å². The lowest BCUT2D eigenvalue weighted by molar-refractivity contribution is -0.0578. The molecule has 21 heteroatoms. The molecule has 2 aliphatic rings. The number of phosphoric ester groups is 2. The van der Waals surface area contributed by atoms with Gasteiger partial charge in [0.1, 0.15) is 30.2 Å². The summed E-state index contributed by atoms with van der Waals surface area (Å²) in [6, 6.07) is 0. The molecule has 2 aromatic heterocycles. The van der Waals surface area contributed by atoms with E-state index in [1.165, 1.54) is 30.5 Å². The van der Waals surface area contributed by atoms with Crippen LogP contribution < -0.4 is 5.73 Å². The first-order valence-electron chi connectivity index (χ1n) is 10.9. The highest BCUT2D eigenvalue weighted by Crippen LogP contribution is 2.59. The quantitative estimate of drug-likeness (QED) is 0.229. The number of hydrogen-bond acceptors (Lipinski definition) is 14. The highest BCUT2D eigenvalue weighted by molar-refractivity contribution is 7.85. The van der Waals surface area contributed by atoms with Crippen LogP contribution in [0.4, 0.5) is 5.82 Å². The summed E-state index contributed by atoms with van der Waals surface area (Å²) in [6.45, 7) is 9.29. The van der Waals surface area contributed by atoms with Crippen molar-refractivity contribution in [2.45, 2.75) is 45.3 Å². The monoisotopic (exact) mass is 590 g/mol. The molecule has 2 aromatic rings. The van der Waals surface area contributed by atoms with Gasteiger partial charge in [0.25, 0.3) is 0 Å². The summed E-state index contributed by atoms with van der Waals surface area (Å²) in [4.78, 5) is 33.3. The molecule has 4 rings (SSSR count). The first kappa shape index (κ1) is 29.9. The molecular weight excluding hydrogens is 562 g/mol. The van der Waals surface area contributed by atoms with E-state index in [4.69, 9.17) is 24.1 Å². The van der Waals surface area contributed by atoms with Gasteiger partial charge in [-0.2, -0.15) is 8.42 Å². The summed E-state index contributed by atoms with van der Waals surface area (Å²) in [7, 11) is -15.0. The predicted octanol–water partition coefficient (Wildman–Crippen LogP) is 0.475. The largest absolute Gasteiger partial charge is 0.488 e. The number of aromatic nitrogens is 4. The van der Waals surface area contributed by atoms with Crippen molar-refractivity contribution in [2.24, 2.45) is 0 Å². The molecule has 0 radical (unpaired) electrons. The van der Waals surface area contributed by atoms with Crippen LogP contribution in [0.3, 0.4) is 0 Å². The van der Waals surface area contributed by atoms with Crippen LogP contribution in [0.25, 0.3) is 11.2 Å². The van der Waals surface area contributed by atoms with E-state index in [0.717, 1.165) is 6.33 Å². The third-order valence-electron chi connectivity index (χ3n) is 5.39. The molecular formula is C16H28N6O12P2S. The Morgan fingerprint density at radius 1 is 1.19 bits per heavy atom. The molecule has 0 saturated carbocycles. The lowest BCUT2D eigenvalue weighted by Gasteiger charge is -2.19. The maximum absolute atomic E-state index is 11.9. The maximum atomic E-state index is 11.9. The number of ether oxygens (including phenoxy) is 1. The van der Waals surface area contributed by atoms with E-state index in [-0.39, 0.29) is 17.0 Å². The number of nitrogens with two attached hydrogens (primary N) is 1. The van der Waals surface area contributed by atoms with E-state index in [0.29, 0.717) is 0 Å². The molecule has 18 nitrogen and oxygen atoms in total. The van der Waals surface area contributed by atoms with Gasteiger partial charge in [0.05, 0.1) is 12.9 Å². The van der Waals surface area contributed by atoms with Crippen LogP contribution in [-0.2, 0) is 41.8 Å². The molecule has 2 aliphatic heterocycles. The lowest BCUT2D eigenvalue weighted by Crippen LogP contribution is -2.31. The Labute approximate surface area is 211 Å². The number of rotatable bonds is 9. The Morgan fingerprint density at radius 3 is 2.38 bits per heavy atom. The van der Waals surface area contributed by atoms with E-state index in [1.54, 1.807) is 0 Å². The number of fused-ring (bicyclic) bond motifs is 2. The fourth-order valence-corrected chi connectivity index (χ4v) is 6.28. The summed E-state index contributed by atoms with van der Waals surface area (Å²) in [5.74, 6) is 0.0631. The average Bonchev–Trinajstić information content (AvgIpc) is 3.44. The Hall–Kier alpha value is -1.60. The molecule has 37 heavy (non-hydrogen) atoms. The van der Waals surface area contributed by atoms with Crippen LogP contribution in [0, 0.1) is 0 Å². The maximum Gasteiger partial charge on any atom is 0.488 e. The van der Waals surface area contributed by atoms with Gasteiger partial charge in [-0.25, -0.2) is 24.1 Å². The second kappa shape index (κ2) is 11.6. The summed E-state index contributed by atoms with van der Waals surface area (Å²) < 4.78 is 78.2. The number of anilines is 1. The van der Waals surface area contributed by atoms with Crippen LogP contribution >= 0.6 is 15.6 Å². The Balaban J connectivity index is 0.000000479. The topological polar surface area (TPSA) is 248 Å². The number of hydrogen-bond donors (Lipinski definition) is 4. The van der Waals surface area contributed by atoms with Gasteiger partial charge in [0.2, 0.25) is 0 Å². The summed E-state index contributed by atoms with van der Waals surface area (Å²) in [5.41, 5.74) is 6.13. The molecule has 2 fully saturated rings. The van der Waals surface area contributed by atoms with Crippen molar-refractivity contribution in [1.29, 1.82) is 0 Å². The second-order valence-electron chi connectivity index (χ2n) is 7.64. The fourth-order valence-electron chi connectivity index (χ4n) is 3.67. The van der Waals surface area contributed by atoms with Crippen molar-refractivity contribution in [3.05, 3.63) is 12.7 Å². The minimum Gasteiger partial charge on any atom is -0.382 e. The Kier molecular flexibility index (Phi) is 9.43. The van der Waals surface area contributed by atoms with E-state index in [1.807, 2.05) is 0 Å². The smallest absolute Gasteiger partial charge is 0.382 e. The van der Waals surface area contributed by atoms with Crippen LogP contribution in [0.15, 0.2) is 12.7 Å². The van der Waals surface area contributed by atoms with E-state index >= 15 is 0 Å². The standard InChI is InChI=1S/C10H13N5O12P2S.C6H15N/c11-8-5-9(13-2-12-8)15(3-14-5)10-7-6(25-29(18,19)26-7)4(24-10)1-23-28(16,17)27-30(20,21)22;1-4-7(5-2)6-3/h2-4,6-7,10H,1H2,(H,16,17)(H,18,19)(H2,11,12,13)(H,20,21,22);4-6H2,1-3H3/t4-,6-,7-,10-;/m1./s1. The molecule has 0 aliphatic carbocycles. The minimum absolute atomic E-state index is 0.0631. The van der Waals surface area contributed by atoms with Crippen molar-refractivity contribution in [3.8, 4) is 0 Å². The summed E-state index contributed by atoms with van der Waals surface area (Å²) >= 11 is 0. The van der Waals surface area contributed by atoms with Gasteiger partial charge < -0.3 is 25.2 Å². The first-order chi connectivity index (χ1) is 17.2. The Bertz CT molecular complexity index is 1280. The molecule has 4 heterocycles. The van der Waals surface area contributed by atoms with Gasteiger partial charge in [-0.15, -0.1) is 3.97 Å². The number of nitrogen functional groups attached to an aromatic ring is 1. The third-order valence-corrected chi connectivity index (χ3v) is 8.39. The van der Waals surface area contributed by atoms with Crippen molar-refractivity contribution in [3.63, 3.8) is 0 Å². The van der Waals surface area contributed by atoms with E-state index in [2.05, 4.69) is 49.1 Å². The van der Waals surface area contributed by atoms with Crippen LogP contribution in [0.2, 0.25) is 0 Å². The van der Waals surface area contributed by atoms with Crippen molar-refractivity contribution in [2.75, 3.05) is 32.0 Å². The zero-order valence-corrected chi connectivity index (χ0v) is 22.5. The normalized spacial score (nSPS) is 29.2. The zero-order chi connectivity index (χ0) is 27.6. The SMILES string of the molecule is CCN(CC)CC.Nc1ncnc2c1ncn2[C@@H]1O[C@H](COP(=O)(O)OS(=O)(=O)O)[C@H]2OP(=O)(O)O[C@H]21. The van der Waals surface area contributed by atoms with E-state index in [9.17, 15) is 27.3 Å². The molecule has 210 valence electrons. The fraction of sp³-hybridized carbons (Fsp3) is 0.688. The summed E-state index contributed by atoms with van der Waals surface area (Å²) in [6.07, 6.45) is -2.53. The van der Waals surface area contributed by atoms with Crippen LogP contribution in [-0.4, -0.2) is 91.7 Å². The highest BCUT2D eigenvalue weighted by atomic mass is 32.3. The molecule has 0 aromatic carbocycles. The predicted molar refractivity (Wildman–Crippen MR) is 125 cm³/mol. The molecule has 5 N–H and O–H groups in total. The number of phosphoric acid groups is 2. The second-order valence-corrected chi connectivity index (χ2v) is 11.6. The third kappa shape index (κ3) is 7.50. The van der Waals surface area contributed by atoms with Gasteiger partial charge >= 0.3 is 26.0 Å². The summed E-state index contributed by atoms with van der Waals surface area (Å²) in [5, 5.41) is 0. The lowest BCUT2D eigenvalue weighted by atomic mass is 10.1. The van der Waals surface area contributed by atoms with Gasteiger partial charge in [-0.1, -0.05) is 20.8 Å². The van der Waals surface area contributed by atoms with Gasteiger partial charge in [-0.05, 0) is 19.6 Å². The first-order valence-corrected chi connectivity index (χ1v) is 15.2. The molecule has 0 amide bonds.